The van der Waals surface area contributed by atoms with Crippen molar-refractivity contribution in [2.45, 2.75) is 25.3 Å². The van der Waals surface area contributed by atoms with Gasteiger partial charge in [0.2, 0.25) is 0 Å². The van der Waals surface area contributed by atoms with Crippen molar-refractivity contribution >= 4 is 10.9 Å². The van der Waals surface area contributed by atoms with Gasteiger partial charge in [0.25, 0.3) is 0 Å². The van der Waals surface area contributed by atoms with Gasteiger partial charge in [-0.3, -0.25) is 4.68 Å². The standard InChI is InChI=1S/C19H18N2O/c22-18-13-7-5-11-16(18)19-15-10-4-6-12-17(15)21(20-19)14-8-2-1-3-9-14/h2,4-8,10-14,22H,1,3,9H2. The first kappa shape index (κ1) is 13.1. The average molecular weight is 290 g/mol. The molecule has 0 aliphatic heterocycles. The number of hydrogen-bond acceptors (Lipinski definition) is 2. The van der Waals surface area contributed by atoms with Crippen LogP contribution in [0.25, 0.3) is 22.2 Å². The van der Waals surface area contributed by atoms with E-state index in [-0.39, 0.29) is 5.75 Å². The molecular formula is C19H18N2O. The van der Waals surface area contributed by atoms with Gasteiger partial charge in [0.15, 0.2) is 0 Å². The fraction of sp³-hybridized carbons (Fsp3) is 0.211. The van der Waals surface area contributed by atoms with Crippen molar-refractivity contribution in [1.82, 2.24) is 9.78 Å². The Morgan fingerprint density at radius 3 is 2.68 bits per heavy atom. The fourth-order valence-electron chi connectivity index (χ4n) is 3.21. The van der Waals surface area contributed by atoms with Crippen LogP contribution in [0.3, 0.4) is 0 Å². The topological polar surface area (TPSA) is 38.1 Å². The van der Waals surface area contributed by atoms with Crippen molar-refractivity contribution in [3.8, 4) is 17.0 Å². The number of rotatable bonds is 2. The maximum Gasteiger partial charge on any atom is 0.125 e. The lowest BCUT2D eigenvalue weighted by Crippen LogP contribution is -2.10. The van der Waals surface area contributed by atoms with E-state index >= 15 is 0 Å². The number of hydrogen-bond donors (Lipinski definition) is 1. The van der Waals surface area contributed by atoms with E-state index in [1.54, 1.807) is 6.07 Å². The van der Waals surface area contributed by atoms with Gasteiger partial charge in [0.05, 0.1) is 11.6 Å². The summed E-state index contributed by atoms with van der Waals surface area (Å²) in [6.45, 7) is 0. The number of fused-ring (bicyclic) bond motifs is 1. The molecule has 4 rings (SSSR count). The van der Waals surface area contributed by atoms with E-state index in [0.717, 1.165) is 35.0 Å². The lowest BCUT2D eigenvalue weighted by Gasteiger charge is -2.17. The molecule has 1 aromatic heterocycles. The van der Waals surface area contributed by atoms with E-state index in [4.69, 9.17) is 5.10 Å². The molecule has 0 spiro atoms. The van der Waals surface area contributed by atoms with Crippen molar-refractivity contribution in [1.29, 1.82) is 0 Å². The maximum absolute atomic E-state index is 10.2. The second-order valence-electron chi connectivity index (χ2n) is 5.75. The minimum absolute atomic E-state index is 0.275. The van der Waals surface area contributed by atoms with E-state index in [0.29, 0.717) is 6.04 Å². The third-order valence-corrected chi connectivity index (χ3v) is 4.32. The smallest absolute Gasteiger partial charge is 0.125 e. The number of para-hydroxylation sites is 2. The van der Waals surface area contributed by atoms with Crippen LogP contribution < -0.4 is 0 Å². The van der Waals surface area contributed by atoms with E-state index in [2.05, 4.69) is 29.0 Å². The molecule has 3 aromatic rings. The van der Waals surface area contributed by atoms with Crippen LogP contribution in [0.15, 0.2) is 60.7 Å². The number of benzene rings is 2. The third-order valence-electron chi connectivity index (χ3n) is 4.32. The van der Waals surface area contributed by atoms with Gasteiger partial charge in [0.1, 0.15) is 11.4 Å². The largest absolute Gasteiger partial charge is 0.507 e. The molecular weight excluding hydrogens is 272 g/mol. The SMILES string of the molecule is Oc1ccccc1-c1nn(C2C=CCCC2)c2ccccc12. The number of aromatic nitrogens is 2. The van der Waals surface area contributed by atoms with Crippen LogP contribution in [-0.2, 0) is 0 Å². The van der Waals surface area contributed by atoms with Crippen LogP contribution in [0, 0.1) is 0 Å². The summed E-state index contributed by atoms with van der Waals surface area (Å²) in [5.74, 6) is 0.275. The van der Waals surface area contributed by atoms with Crippen LogP contribution in [0.1, 0.15) is 25.3 Å². The molecule has 0 radical (unpaired) electrons. The number of phenols is 1. The molecule has 1 N–H and O–H groups in total. The molecule has 1 heterocycles. The molecule has 0 bridgehead atoms. The van der Waals surface area contributed by atoms with Gasteiger partial charge >= 0.3 is 0 Å². The van der Waals surface area contributed by atoms with Crippen LogP contribution >= 0.6 is 0 Å². The van der Waals surface area contributed by atoms with E-state index in [1.807, 2.05) is 30.3 Å². The van der Waals surface area contributed by atoms with Gasteiger partial charge in [-0.1, -0.05) is 42.5 Å². The molecule has 0 saturated heterocycles. The molecule has 3 heteroatoms. The highest BCUT2D eigenvalue weighted by molar-refractivity contribution is 5.94. The summed E-state index contributed by atoms with van der Waals surface area (Å²) < 4.78 is 2.10. The predicted molar refractivity (Wildman–Crippen MR) is 88.9 cm³/mol. The minimum atomic E-state index is 0.275. The van der Waals surface area contributed by atoms with Crippen molar-refractivity contribution in [2.24, 2.45) is 0 Å². The monoisotopic (exact) mass is 290 g/mol. The Labute approximate surface area is 129 Å². The highest BCUT2D eigenvalue weighted by atomic mass is 16.3. The summed E-state index contributed by atoms with van der Waals surface area (Å²) in [5.41, 5.74) is 2.77. The van der Waals surface area contributed by atoms with E-state index in [9.17, 15) is 5.11 Å². The van der Waals surface area contributed by atoms with Gasteiger partial charge in [-0.25, -0.2) is 0 Å². The summed E-state index contributed by atoms with van der Waals surface area (Å²) in [5, 5.41) is 16.1. The van der Waals surface area contributed by atoms with Crippen LogP contribution in [0.5, 0.6) is 5.75 Å². The Bertz CT molecular complexity index is 848. The quantitative estimate of drug-likeness (QED) is 0.695. The van der Waals surface area contributed by atoms with Crippen molar-refractivity contribution < 1.29 is 5.11 Å². The average Bonchev–Trinajstić information content (AvgIpc) is 2.96. The zero-order valence-electron chi connectivity index (χ0n) is 12.3. The van der Waals surface area contributed by atoms with Gasteiger partial charge in [-0.05, 0) is 37.5 Å². The zero-order valence-corrected chi connectivity index (χ0v) is 12.3. The van der Waals surface area contributed by atoms with Crippen LogP contribution in [-0.4, -0.2) is 14.9 Å². The molecule has 3 nitrogen and oxygen atoms in total. The molecule has 110 valence electrons. The van der Waals surface area contributed by atoms with Crippen LogP contribution in [0.2, 0.25) is 0 Å². The van der Waals surface area contributed by atoms with Gasteiger partial charge < -0.3 is 5.11 Å². The molecule has 1 atom stereocenters. The number of allylic oxidation sites excluding steroid dienone is 2. The van der Waals surface area contributed by atoms with Gasteiger partial charge in [0, 0.05) is 10.9 Å². The molecule has 2 aromatic carbocycles. The fourth-order valence-corrected chi connectivity index (χ4v) is 3.21. The summed E-state index contributed by atoms with van der Waals surface area (Å²) in [7, 11) is 0. The third kappa shape index (κ3) is 2.10. The molecule has 0 saturated carbocycles. The Kier molecular flexibility index (Phi) is 3.19. The summed E-state index contributed by atoms with van der Waals surface area (Å²) in [6, 6.07) is 16.0. The summed E-state index contributed by atoms with van der Waals surface area (Å²) in [6.07, 6.45) is 7.95. The van der Waals surface area contributed by atoms with Crippen LogP contribution in [0.4, 0.5) is 0 Å². The lowest BCUT2D eigenvalue weighted by atomic mass is 10.0. The first-order valence-electron chi connectivity index (χ1n) is 7.77. The highest BCUT2D eigenvalue weighted by Crippen LogP contribution is 2.35. The Balaban J connectivity index is 1.95. The molecule has 1 aliphatic carbocycles. The number of phenolic OH excluding ortho intramolecular Hbond substituents is 1. The molecule has 1 aliphatic rings. The summed E-state index contributed by atoms with van der Waals surface area (Å²) >= 11 is 0. The first-order valence-corrected chi connectivity index (χ1v) is 7.77. The van der Waals surface area contributed by atoms with E-state index in [1.165, 1.54) is 6.42 Å². The summed E-state index contributed by atoms with van der Waals surface area (Å²) in [4.78, 5) is 0. The molecule has 0 fully saturated rings. The highest BCUT2D eigenvalue weighted by Gasteiger charge is 2.19. The van der Waals surface area contributed by atoms with Crippen molar-refractivity contribution in [2.75, 3.05) is 0 Å². The first-order chi connectivity index (χ1) is 10.8. The Morgan fingerprint density at radius 2 is 1.86 bits per heavy atom. The molecule has 22 heavy (non-hydrogen) atoms. The van der Waals surface area contributed by atoms with Crippen molar-refractivity contribution in [3.05, 3.63) is 60.7 Å². The van der Waals surface area contributed by atoms with Gasteiger partial charge in [-0.15, -0.1) is 0 Å². The van der Waals surface area contributed by atoms with Crippen molar-refractivity contribution in [3.63, 3.8) is 0 Å². The van der Waals surface area contributed by atoms with E-state index < -0.39 is 0 Å². The zero-order chi connectivity index (χ0) is 14.9. The van der Waals surface area contributed by atoms with Gasteiger partial charge in [-0.2, -0.15) is 5.10 Å². The number of aromatic hydroxyl groups is 1. The molecule has 0 amide bonds. The number of nitrogens with zero attached hydrogens (tertiary/aromatic N) is 2. The maximum atomic E-state index is 10.2. The lowest BCUT2D eigenvalue weighted by molar-refractivity contribution is 0.475. The predicted octanol–water partition coefficient (Wildman–Crippen LogP) is 4.69. The molecule has 1 unspecified atom stereocenters. The Morgan fingerprint density at radius 1 is 1.05 bits per heavy atom. The Hall–Kier alpha value is -2.55. The minimum Gasteiger partial charge on any atom is -0.507 e. The second kappa shape index (κ2) is 5.34. The normalized spacial score (nSPS) is 17.9. The second-order valence-corrected chi connectivity index (χ2v) is 5.75.